The smallest absolute Gasteiger partial charge is 0.336 e. The molecule has 4 nitrogen and oxygen atoms in total. The summed E-state index contributed by atoms with van der Waals surface area (Å²) < 4.78 is 0. The molecule has 0 aliphatic carbocycles. The van der Waals surface area contributed by atoms with Gasteiger partial charge < -0.3 is 5.11 Å². The molecule has 0 aromatic carbocycles. The van der Waals surface area contributed by atoms with Crippen LogP contribution >= 0.6 is 0 Å². The van der Waals surface area contributed by atoms with Gasteiger partial charge in [-0.2, -0.15) is 0 Å². The largest absolute Gasteiger partial charge is 0.479 e. The molecule has 0 heterocycles. The number of carbonyl (C=O) groups is 1. The molecule has 0 aliphatic heterocycles. The molecule has 0 saturated heterocycles. The molecule has 2 N–H and O–H groups in total. The zero-order valence-electron chi connectivity index (χ0n) is 13.9. The Labute approximate surface area is 134 Å². The Morgan fingerprint density at radius 3 is 2.09 bits per heavy atom. The fourth-order valence-corrected chi connectivity index (χ4v) is 2.19. The summed E-state index contributed by atoms with van der Waals surface area (Å²) in [7, 11) is 0. The van der Waals surface area contributed by atoms with Gasteiger partial charge in [0, 0.05) is 0 Å². The second-order valence-corrected chi connectivity index (χ2v) is 5.60. The predicted octanol–water partition coefficient (Wildman–Crippen LogP) is 5.35. The lowest BCUT2D eigenvalue weighted by molar-refractivity contribution is -0.277. The minimum atomic E-state index is -1.10. The maximum atomic E-state index is 10.6. The van der Waals surface area contributed by atoms with Gasteiger partial charge in [-0.25, -0.2) is 9.68 Å². The molecule has 0 amide bonds. The third kappa shape index (κ3) is 13.8. The molecule has 0 spiro atoms. The molecule has 0 radical (unpaired) electrons. The summed E-state index contributed by atoms with van der Waals surface area (Å²) >= 11 is 0. The summed E-state index contributed by atoms with van der Waals surface area (Å²) in [5.74, 6) is -1.10. The quantitative estimate of drug-likeness (QED) is 0.185. The van der Waals surface area contributed by atoms with Crippen molar-refractivity contribution < 1.29 is 20.0 Å². The fourth-order valence-electron chi connectivity index (χ4n) is 2.19. The van der Waals surface area contributed by atoms with E-state index in [4.69, 9.17) is 10.4 Å². The van der Waals surface area contributed by atoms with Crippen LogP contribution in [0.25, 0.3) is 0 Å². The van der Waals surface area contributed by atoms with Crippen LogP contribution in [0.2, 0.25) is 0 Å². The van der Waals surface area contributed by atoms with Crippen molar-refractivity contribution >= 4 is 5.97 Å². The van der Waals surface area contributed by atoms with Gasteiger partial charge in [0.1, 0.15) is 0 Å². The number of allylic oxidation sites excluding steroid dienone is 4. The number of carboxylic acid groups (broad SMARTS) is 1. The van der Waals surface area contributed by atoms with Crippen molar-refractivity contribution in [1.82, 2.24) is 0 Å². The standard InChI is InChI=1S/C18H32O4/c1-2-3-4-5-6-7-8-9-10-11-12-13-14-15-16-17(22-21)18(19)20/h6-7,9-10,17,21H,2-5,8,11-16H2,1H3,(H,19,20)/b7-6-,10-9-/t17-/m0/s1. The van der Waals surface area contributed by atoms with Crippen LogP contribution < -0.4 is 0 Å². The summed E-state index contributed by atoms with van der Waals surface area (Å²) in [5.41, 5.74) is 0. The molecular formula is C18H32O4. The molecular weight excluding hydrogens is 280 g/mol. The fraction of sp³-hybridized carbons (Fsp3) is 0.722. The molecule has 0 saturated carbocycles. The van der Waals surface area contributed by atoms with E-state index in [1.165, 1.54) is 25.7 Å². The van der Waals surface area contributed by atoms with Gasteiger partial charge in [-0.15, -0.1) is 0 Å². The topological polar surface area (TPSA) is 66.8 Å². The first-order valence-corrected chi connectivity index (χ1v) is 8.55. The van der Waals surface area contributed by atoms with E-state index in [-0.39, 0.29) is 0 Å². The van der Waals surface area contributed by atoms with Crippen LogP contribution in [0.1, 0.15) is 77.6 Å². The van der Waals surface area contributed by atoms with Gasteiger partial charge in [0.2, 0.25) is 0 Å². The highest BCUT2D eigenvalue weighted by Crippen LogP contribution is 2.10. The molecule has 0 aliphatic rings. The van der Waals surface area contributed by atoms with Gasteiger partial charge in [0.25, 0.3) is 0 Å². The molecule has 0 rings (SSSR count). The number of hydrogen-bond donors (Lipinski definition) is 2. The van der Waals surface area contributed by atoms with E-state index < -0.39 is 12.1 Å². The summed E-state index contributed by atoms with van der Waals surface area (Å²) in [5, 5.41) is 17.1. The van der Waals surface area contributed by atoms with Gasteiger partial charge in [-0.3, -0.25) is 5.26 Å². The molecule has 0 unspecified atom stereocenters. The third-order valence-corrected chi connectivity index (χ3v) is 3.57. The third-order valence-electron chi connectivity index (χ3n) is 3.57. The van der Waals surface area contributed by atoms with E-state index >= 15 is 0 Å². The van der Waals surface area contributed by atoms with Crippen LogP contribution in [0.15, 0.2) is 24.3 Å². The van der Waals surface area contributed by atoms with E-state index in [0.29, 0.717) is 6.42 Å². The summed E-state index contributed by atoms with van der Waals surface area (Å²) in [6.45, 7) is 2.22. The number of rotatable bonds is 15. The number of carboxylic acids is 1. The highest BCUT2D eigenvalue weighted by atomic mass is 17.1. The lowest BCUT2D eigenvalue weighted by Gasteiger charge is -2.07. The number of hydrogen-bond acceptors (Lipinski definition) is 3. The first kappa shape index (κ1) is 20.9. The van der Waals surface area contributed by atoms with E-state index in [9.17, 15) is 4.79 Å². The lowest BCUT2D eigenvalue weighted by Crippen LogP contribution is -2.22. The maximum Gasteiger partial charge on any atom is 0.336 e. The van der Waals surface area contributed by atoms with Crippen LogP contribution in [0.5, 0.6) is 0 Å². The molecule has 4 heteroatoms. The van der Waals surface area contributed by atoms with Crippen molar-refractivity contribution in [3.05, 3.63) is 24.3 Å². The Balaban J connectivity index is 3.35. The molecule has 0 bridgehead atoms. The Kier molecular flexibility index (Phi) is 15.4. The summed E-state index contributed by atoms with van der Waals surface area (Å²) in [6, 6.07) is 0. The zero-order valence-corrected chi connectivity index (χ0v) is 13.9. The van der Waals surface area contributed by atoms with Crippen molar-refractivity contribution in [3.8, 4) is 0 Å². The normalized spacial score (nSPS) is 13.2. The van der Waals surface area contributed by atoms with Gasteiger partial charge in [-0.05, 0) is 38.5 Å². The van der Waals surface area contributed by atoms with Crippen LogP contribution in [0, 0.1) is 0 Å². The molecule has 22 heavy (non-hydrogen) atoms. The molecule has 1 atom stereocenters. The SMILES string of the molecule is CCCCC/C=C\C/C=C\CCCCCC[C@H](OO)C(=O)O. The first-order valence-electron chi connectivity index (χ1n) is 8.55. The van der Waals surface area contributed by atoms with Crippen molar-refractivity contribution in [3.63, 3.8) is 0 Å². The monoisotopic (exact) mass is 312 g/mol. The zero-order chi connectivity index (χ0) is 16.5. The maximum absolute atomic E-state index is 10.6. The second kappa shape index (κ2) is 16.2. The first-order chi connectivity index (χ1) is 10.7. The number of unbranched alkanes of at least 4 members (excludes halogenated alkanes) is 7. The lowest BCUT2D eigenvalue weighted by atomic mass is 10.1. The van der Waals surface area contributed by atoms with E-state index in [0.717, 1.165) is 38.5 Å². The Morgan fingerprint density at radius 2 is 1.55 bits per heavy atom. The Bertz CT molecular complexity index is 310. The van der Waals surface area contributed by atoms with Gasteiger partial charge in [0.05, 0.1) is 0 Å². The van der Waals surface area contributed by atoms with E-state index in [1.807, 2.05) is 0 Å². The molecule has 0 fully saturated rings. The van der Waals surface area contributed by atoms with Crippen molar-refractivity contribution in [2.75, 3.05) is 0 Å². The van der Waals surface area contributed by atoms with Gasteiger partial charge in [0.15, 0.2) is 6.10 Å². The van der Waals surface area contributed by atoms with Gasteiger partial charge >= 0.3 is 5.97 Å². The summed E-state index contributed by atoms with van der Waals surface area (Å²) in [6.07, 6.45) is 19.3. The second-order valence-electron chi connectivity index (χ2n) is 5.60. The van der Waals surface area contributed by atoms with Crippen LogP contribution in [-0.4, -0.2) is 22.4 Å². The van der Waals surface area contributed by atoms with Crippen molar-refractivity contribution in [2.24, 2.45) is 0 Å². The summed E-state index contributed by atoms with van der Waals surface area (Å²) in [4.78, 5) is 14.5. The van der Waals surface area contributed by atoms with Crippen molar-refractivity contribution in [2.45, 2.75) is 83.7 Å². The average molecular weight is 312 g/mol. The Hall–Kier alpha value is -1.13. The van der Waals surface area contributed by atoms with Gasteiger partial charge in [-0.1, -0.05) is 63.3 Å². The van der Waals surface area contributed by atoms with Crippen molar-refractivity contribution in [1.29, 1.82) is 0 Å². The van der Waals surface area contributed by atoms with Crippen LogP contribution in [-0.2, 0) is 9.68 Å². The van der Waals surface area contributed by atoms with E-state index in [1.54, 1.807) is 0 Å². The Morgan fingerprint density at radius 1 is 0.955 bits per heavy atom. The minimum absolute atomic E-state index is 0.366. The van der Waals surface area contributed by atoms with E-state index in [2.05, 4.69) is 36.1 Å². The predicted molar refractivity (Wildman–Crippen MR) is 89.9 cm³/mol. The van der Waals surface area contributed by atoms with Crippen LogP contribution in [0.3, 0.4) is 0 Å². The molecule has 0 aromatic rings. The number of aliphatic carboxylic acids is 1. The molecule has 128 valence electrons. The van der Waals surface area contributed by atoms with Crippen LogP contribution in [0.4, 0.5) is 0 Å². The highest BCUT2D eigenvalue weighted by molar-refractivity contribution is 5.72. The minimum Gasteiger partial charge on any atom is -0.479 e. The highest BCUT2D eigenvalue weighted by Gasteiger charge is 2.16. The molecule has 0 aromatic heterocycles. The average Bonchev–Trinajstić information content (AvgIpc) is 2.51.